The molecule has 0 radical (unpaired) electrons. The van der Waals surface area contributed by atoms with Crippen molar-refractivity contribution in [3.8, 4) is 0 Å². The van der Waals surface area contributed by atoms with Crippen molar-refractivity contribution in [3.63, 3.8) is 0 Å². The first-order valence-electron chi connectivity index (χ1n) is 7.73. The minimum Gasteiger partial charge on any atom is -0.336 e. The van der Waals surface area contributed by atoms with Gasteiger partial charge in [0.15, 0.2) is 0 Å². The molecule has 23 heavy (non-hydrogen) atoms. The number of anilines is 1. The Morgan fingerprint density at radius 1 is 1.30 bits per heavy atom. The summed E-state index contributed by atoms with van der Waals surface area (Å²) in [6.45, 7) is 7.78. The summed E-state index contributed by atoms with van der Waals surface area (Å²) >= 11 is 1.30. The molecule has 0 saturated heterocycles. The van der Waals surface area contributed by atoms with E-state index in [1.54, 1.807) is 6.92 Å². The maximum absolute atomic E-state index is 12.5. The van der Waals surface area contributed by atoms with Crippen LogP contribution in [0.1, 0.15) is 37.7 Å². The number of carbonyl (C=O) groups excluding carboxylic acids is 1. The van der Waals surface area contributed by atoms with E-state index in [0.29, 0.717) is 11.0 Å². The van der Waals surface area contributed by atoms with Gasteiger partial charge < -0.3 is 11.2 Å². The molecule has 0 aliphatic heterocycles. The number of thioether (sulfide) groups is 1. The summed E-state index contributed by atoms with van der Waals surface area (Å²) in [7, 11) is 0. The monoisotopic (exact) mass is 333 g/mol. The predicted octanol–water partition coefficient (Wildman–Crippen LogP) is 2.54. The van der Waals surface area contributed by atoms with E-state index >= 15 is 0 Å². The molecule has 0 saturated carbocycles. The number of nitrogen functional groups attached to an aromatic ring is 1. The van der Waals surface area contributed by atoms with Crippen molar-refractivity contribution < 1.29 is 4.79 Å². The molecule has 1 aromatic heterocycles. The zero-order chi connectivity index (χ0) is 17.0. The molecule has 1 heterocycles. The molecule has 1 aromatic carbocycles. The Bertz CT molecular complexity index is 676. The number of benzene rings is 1. The van der Waals surface area contributed by atoms with Gasteiger partial charge in [-0.05, 0) is 37.8 Å². The second-order valence-electron chi connectivity index (χ2n) is 5.31. The van der Waals surface area contributed by atoms with Gasteiger partial charge in [0.25, 0.3) is 0 Å². The Morgan fingerprint density at radius 3 is 2.39 bits per heavy atom. The van der Waals surface area contributed by atoms with Crippen molar-refractivity contribution in [2.75, 3.05) is 11.2 Å². The summed E-state index contributed by atoms with van der Waals surface area (Å²) in [6.07, 6.45) is 1.75. The third-order valence-corrected chi connectivity index (χ3v) is 4.79. The van der Waals surface area contributed by atoms with Crippen LogP contribution in [-0.4, -0.2) is 26.0 Å². The largest absolute Gasteiger partial charge is 0.336 e. The lowest BCUT2D eigenvalue weighted by Gasteiger charge is -2.17. The highest BCUT2D eigenvalue weighted by Gasteiger charge is 2.20. The number of carbonyl (C=O) groups is 1. The molecular weight excluding hydrogens is 310 g/mol. The standard InChI is InChI=1S/C16H23N5OS/c1-5-12-8-7-9-13(6-2)14(12)18-15(22)10(3)23-16-20-19-11(4)21(16)17/h7-10H,5-6,17H2,1-4H3,(H,18,22)/t10-/m0/s1. The highest BCUT2D eigenvalue weighted by molar-refractivity contribution is 8.00. The SMILES string of the molecule is CCc1cccc(CC)c1NC(=O)[C@H](C)Sc1nnc(C)n1N. The Labute approximate surface area is 140 Å². The first kappa shape index (κ1) is 17.3. The summed E-state index contributed by atoms with van der Waals surface area (Å²) in [4.78, 5) is 12.5. The topological polar surface area (TPSA) is 85.8 Å². The quantitative estimate of drug-likeness (QED) is 0.627. The van der Waals surface area contributed by atoms with Crippen LogP contribution in [0.15, 0.2) is 23.4 Å². The van der Waals surface area contributed by atoms with Crippen molar-refractivity contribution in [2.24, 2.45) is 0 Å². The summed E-state index contributed by atoms with van der Waals surface area (Å²) in [5, 5.41) is 11.2. The van der Waals surface area contributed by atoms with Gasteiger partial charge in [0.2, 0.25) is 11.1 Å². The molecule has 0 fully saturated rings. The van der Waals surface area contributed by atoms with Crippen molar-refractivity contribution in [1.29, 1.82) is 0 Å². The molecule has 0 spiro atoms. The smallest absolute Gasteiger partial charge is 0.237 e. The van der Waals surface area contributed by atoms with Crippen molar-refractivity contribution >= 4 is 23.4 Å². The zero-order valence-electron chi connectivity index (χ0n) is 14.0. The van der Waals surface area contributed by atoms with Crippen molar-refractivity contribution in [2.45, 2.75) is 50.9 Å². The minimum absolute atomic E-state index is 0.0637. The average Bonchev–Trinajstić information content (AvgIpc) is 2.86. The number of nitrogens with one attached hydrogen (secondary N) is 1. The minimum atomic E-state index is -0.324. The lowest BCUT2D eigenvalue weighted by molar-refractivity contribution is -0.115. The fourth-order valence-corrected chi connectivity index (χ4v) is 3.09. The Morgan fingerprint density at radius 2 is 1.91 bits per heavy atom. The molecule has 7 heteroatoms. The molecule has 0 unspecified atom stereocenters. The van der Waals surface area contributed by atoms with E-state index in [-0.39, 0.29) is 11.2 Å². The molecule has 0 bridgehead atoms. The third-order valence-electron chi connectivity index (χ3n) is 3.73. The molecular formula is C16H23N5OS. The number of rotatable bonds is 6. The van der Waals surface area contributed by atoms with Crippen LogP contribution in [0.3, 0.4) is 0 Å². The van der Waals surface area contributed by atoms with E-state index in [9.17, 15) is 4.79 Å². The van der Waals surface area contributed by atoms with Gasteiger partial charge in [-0.15, -0.1) is 10.2 Å². The number of nitrogens with two attached hydrogens (primary N) is 1. The van der Waals surface area contributed by atoms with Gasteiger partial charge in [0.1, 0.15) is 5.82 Å². The normalized spacial score (nSPS) is 12.2. The number of amides is 1. The number of aromatic nitrogens is 3. The van der Waals surface area contributed by atoms with Crippen LogP contribution >= 0.6 is 11.8 Å². The molecule has 1 atom stereocenters. The second kappa shape index (κ2) is 7.50. The molecule has 6 nitrogen and oxygen atoms in total. The molecule has 2 aromatic rings. The Kier molecular flexibility index (Phi) is 5.65. The molecule has 2 rings (SSSR count). The lowest BCUT2D eigenvalue weighted by Crippen LogP contribution is -2.25. The van der Waals surface area contributed by atoms with Crippen molar-refractivity contribution in [3.05, 3.63) is 35.2 Å². The van der Waals surface area contributed by atoms with Crippen LogP contribution in [-0.2, 0) is 17.6 Å². The van der Waals surface area contributed by atoms with E-state index in [0.717, 1.165) is 29.7 Å². The van der Waals surface area contributed by atoms with E-state index in [2.05, 4.69) is 29.4 Å². The van der Waals surface area contributed by atoms with Gasteiger partial charge in [0, 0.05) is 5.69 Å². The number of nitrogens with zero attached hydrogens (tertiary/aromatic N) is 3. The predicted molar refractivity (Wildman–Crippen MR) is 94.1 cm³/mol. The first-order chi connectivity index (χ1) is 11.0. The third kappa shape index (κ3) is 3.85. The van der Waals surface area contributed by atoms with Crippen LogP contribution in [0, 0.1) is 6.92 Å². The van der Waals surface area contributed by atoms with Crippen molar-refractivity contribution in [1.82, 2.24) is 14.9 Å². The van der Waals surface area contributed by atoms with E-state index in [1.165, 1.54) is 16.4 Å². The zero-order valence-corrected chi connectivity index (χ0v) is 14.8. The first-order valence-corrected chi connectivity index (χ1v) is 8.61. The van der Waals surface area contributed by atoms with Crippen LogP contribution in [0.5, 0.6) is 0 Å². The van der Waals surface area contributed by atoms with Gasteiger partial charge in [-0.25, -0.2) is 4.68 Å². The van der Waals surface area contributed by atoms with Gasteiger partial charge >= 0.3 is 0 Å². The van der Waals surface area contributed by atoms with E-state index < -0.39 is 0 Å². The summed E-state index contributed by atoms with van der Waals surface area (Å²) in [6, 6.07) is 6.13. The van der Waals surface area contributed by atoms with Crippen LogP contribution < -0.4 is 11.2 Å². The van der Waals surface area contributed by atoms with E-state index in [1.807, 2.05) is 25.1 Å². The number of aryl methyl sites for hydroxylation is 3. The van der Waals surface area contributed by atoms with Gasteiger partial charge in [-0.1, -0.05) is 43.8 Å². The Balaban J connectivity index is 2.14. The summed E-state index contributed by atoms with van der Waals surface area (Å²) in [5.41, 5.74) is 3.22. The average molecular weight is 333 g/mol. The summed E-state index contributed by atoms with van der Waals surface area (Å²) in [5.74, 6) is 6.39. The second-order valence-corrected chi connectivity index (χ2v) is 6.62. The van der Waals surface area contributed by atoms with Crippen LogP contribution in [0.2, 0.25) is 0 Å². The maximum atomic E-state index is 12.5. The Hall–Kier alpha value is -2.02. The van der Waals surface area contributed by atoms with Crippen LogP contribution in [0.4, 0.5) is 5.69 Å². The molecule has 124 valence electrons. The lowest BCUT2D eigenvalue weighted by atomic mass is 10.0. The van der Waals surface area contributed by atoms with E-state index in [4.69, 9.17) is 5.84 Å². The molecule has 1 amide bonds. The summed E-state index contributed by atoms with van der Waals surface area (Å²) < 4.78 is 1.39. The molecule has 0 aliphatic rings. The van der Waals surface area contributed by atoms with Crippen LogP contribution in [0.25, 0.3) is 0 Å². The van der Waals surface area contributed by atoms with Gasteiger partial charge in [0.05, 0.1) is 5.25 Å². The fourth-order valence-electron chi connectivity index (χ4n) is 2.27. The number of hydrogen-bond donors (Lipinski definition) is 2. The fraction of sp³-hybridized carbons (Fsp3) is 0.438. The maximum Gasteiger partial charge on any atom is 0.237 e. The van der Waals surface area contributed by atoms with Gasteiger partial charge in [-0.3, -0.25) is 4.79 Å². The highest BCUT2D eigenvalue weighted by Crippen LogP contribution is 2.26. The van der Waals surface area contributed by atoms with Gasteiger partial charge in [-0.2, -0.15) is 0 Å². The highest BCUT2D eigenvalue weighted by atomic mass is 32.2. The number of para-hydroxylation sites is 1. The molecule has 0 aliphatic carbocycles. The molecule has 3 N–H and O–H groups in total. The number of hydrogen-bond acceptors (Lipinski definition) is 5.